The van der Waals surface area contributed by atoms with Gasteiger partial charge in [-0.3, -0.25) is 14.5 Å². The largest absolute Gasteiger partial charge is 0.340 e. The highest BCUT2D eigenvalue weighted by molar-refractivity contribution is 5.77. The Kier molecular flexibility index (Phi) is 6.75. The van der Waals surface area contributed by atoms with E-state index in [0.29, 0.717) is 38.5 Å². The van der Waals surface area contributed by atoms with Crippen LogP contribution in [-0.4, -0.2) is 54.5 Å². The van der Waals surface area contributed by atoms with Crippen molar-refractivity contribution in [3.63, 3.8) is 0 Å². The van der Waals surface area contributed by atoms with E-state index in [1.54, 1.807) is 4.90 Å². The molecule has 0 aliphatic carbocycles. The summed E-state index contributed by atoms with van der Waals surface area (Å²) in [5.41, 5.74) is 0.154. The first-order valence-electron chi connectivity index (χ1n) is 8.61. The van der Waals surface area contributed by atoms with Gasteiger partial charge in [0.05, 0.1) is 6.54 Å². The molecular formula is C18H33FN2O2. The van der Waals surface area contributed by atoms with Gasteiger partial charge in [-0.15, -0.1) is 0 Å². The molecule has 5 heteroatoms. The number of halogens is 1. The molecule has 0 saturated carbocycles. The summed E-state index contributed by atoms with van der Waals surface area (Å²) in [6, 6.07) is -1.30. The van der Waals surface area contributed by atoms with Gasteiger partial charge in [-0.25, -0.2) is 0 Å². The summed E-state index contributed by atoms with van der Waals surface area (Å²) in [7, 11) is 0. The molecular weight excluding hydrogens is 295 g/mol. The van der Waals surface area contributed by atoms with Crippen molar-refractivity contribution in [3.05, 3.63) is 0 Å². The zero-order chi connectivity index (χ0) is 17.8. The zero-order valence-electron chi connectivity index (χ0n) is 15.6. The van der Waals surface area contributed by atoms with Crippen LogP contribution in [0.15, 0.2) is 0 Å². The van der Waals surface area contributed by atoms with Gasteiger partial charge in [0.2, 0.25) is 5.91 Å². The van der Waals surface area contributed by atoms with Crippen LogP contribution in [0, 0.1) is 16.7 Å². The van der Waals surface area contributed by atoms with Crippen LogP contribution in [0.5, 0.6) is 0 Å². The number of piperazine rings is 1. The average molecular weight is 328 g/mol. The molecule has 1 amide bonds. The summed E-state index contributed by atoms with van der Waals surface area (Å²) in [6.45, 7) is 15.4. The Bertz CT molecular complexity index is 425. The van der Waals surface area contributed by atoms with E-state index >= 15 is 0 Å². The molecule has 0 aromatic carbocycles. The van der Waals surface area contributed by atoms with Gasteiger partial charge >= 0.3 is 6.04 Å². The molecule has 134 valence electrons. The second kappa shape index (κ2) is 7.73. The molecule has 0 radical (unpaired) electrons. The fourth-order valence-corrected chi connectivity index (χ4v) is 3.35. The molecule has 1 fully saturated rings. The lowest BCUT2D eigenvalue weighted by molar-refractivity contribution is -0.136. The number of rotatable bonds is 7. The predicted molar refractivity (Wildman–Crippen MR) is 90.8 cm³/mol. The van der Waals surface area contributed by atoms with E-state index in [4.69, 9.17) is 0 Å². The van der Waals surface area contributed by atoms with Gasteiger partial charge < -0.3 is 4.90 Å². The van der Waals surface area contributed by atoms with E-state index in [9.17, 15) is 14.0 Å². The molecule has 0 unspecified atom stereocenters. The minimum Gasteiger partial charge on any atom is -0.340 e. The first-order chi connectivity index (χ1) is 10.4. The topological polar surface area (TPSA) is 40.6 Å². The number of nitrogens with zero attached hydrogens (tertiary/aromatic N) is 2. The van der Waals surface area contributed by atoms with Gasteiger partial charge in [0, 0.05) is 32.6 Å². The van der Waals surface area contributed by atoms with Gasteiger partial charge in [-0.05, 0) is 23.2 Å². The third-order valence-corrected chi connectivity index (χ3v) is 5.20. The number of carbonyl (C=O) groups is 2. The van der Waals surface area contributed by atoms with Crippen molar-refractivity contribution in [2.75, 3.05) is 32.7 Å². The van der Waals surface area contributed by atoms with E-state index in [0.717, 1.165) is 6.42 Å². The smallest absolute Gasteiger partial charge is 0.315 e. The van der Waals surface area contributed by atoms with Crippen LogP contribution in [-0.2, 0) is 9.59 Å². The molecule has 0 N–H and O–H groups in total. The molecule has 0 spiro atoms. The lowest BCUT2D eigenvalue weighted by Crippen LogP contribution is -2.50. The Hall–Kier alpha value is -0.970. The van der Waals surface area contributed by atoms with Crippen LogP contribution < -0.4 is 0 Å². The number of carbonyl (C=O) groups excluding carboxylic acids is 2. The molecule has 0 aromatic rings. The predicted octanol–water partition coefficient (Wildman–Crippen LogP) is 3.12. The molecule has 0 atom stereocenters. The molecule has 1 heterocycles. The highest BCUT2D eigenvalue weighted by atomic mass is 19.1. The average Bonchev–Trinajstić information content (AvgIpc) is 2.36. The summed E-state index contributed by atoms with van der Waals surface area (Å²) >= 11 is 0. The summed E-state index contributed by atoms with van der Waals surface area (Å²) in [5, 5.41) is 0. The lowest BCUT2D eigenvalue weighted by Gasteiger charge is -2.39. The summed E-state index contributed by atoms with van der Waals surface area (Å²) < 4.78 is 12.4. The normalized spacial score (nSPS) is 17.7. The molecule has 1 rings (SSSR count). The van der Waals surface area contributed by atoms with E-state index in [1.807, 2.05) is 4.90 Å². The zero-order valence-corrected chi connectivity index (χ0v) is 15.6. The first-order valence-corrected chi connectivity index (χ1v) is 8.61. The molecule has 23 heavy (non-hydrogen) atoms. The summed E-state index contributed by atoms with van der Waals surface area (Å²) in [5.74, 6) is 0.736. The van der Waals surface area contributed by atoms with Crippen molar-refractivity contribution in [2.24, 2.45) is 16.7 Å². The maximum atomic E-state index is 12.6. The Morgan fingerprint density at radius 2 is 1.57 bits per heavy atom. The van der Waals surface area contributed by atoms with Crippen molar-refractivity contribution < 1.29 is 14.0 Å². The maximum Gasteiger partial charge on any atom is 0.315 e. The lowest BCUT2D eigenvalue weighted by atomic mass is 9.68. The highest BCUT2D eigenvalue weighted by Gasteiger charge is 2.34. The first kappa shape index (κ1) is 20.1. The monoisotopic (exact) mass is 328 g/mol. The second-order valence-electron chi connectivity index (χ2n) is 8.67. The van der Waals surface area contributed by atoms with Crippen LogP contribution in [0.2, 0.25) is 0 Å². The van der Waals surface area contributed by atoms with Crippen molar-refractivity contribution >= 4 is 11.9 Å². The SMILES string of the molecule is CC(C)C(C)(C)CC(C)(C)CC(=O)N1CCN(CC(=O)F)CC1. The minimum atomic E-state index is -1.30. The van der Waals surface area contributed by atoms with Gasteiger partial charge in [0.1, 0.15) is 0 Å². The minimum absolute atomic E-state index is 0.0447. The van der Waals surface area contributed by atoms with E-state index in [1.165, 1.54) is 0 Å². The number of hydrogen-bond acceptors (Lipinski definition) is 3. The Balaban J connectivity index is 2.51. The van der Waals surface area contributed by atoms with Crippen LogP contribution in [0.1, 0.15) is 54.4 Å². The van der Waals surface area contributed by atoms with Crippen molar-refractivity contribution in [1.82, 2.24) is 9.80 Å². The molecule has 1 aliphatic heterocycles. The van der Waals surface area contributed by atoms with E-state index in [-0.39, 0.29) is 23.3 Å². The van der Waals surface area contributed by atoms with Crippen LogP contribution in [0.25, 0.3) is 0 Å². The Morgan fingerprint density at radius 1 is 1.04 bits per heavy atom. The van der Waals surface area contributed by atoms with Crippen LogP contribution in [0.3, 0.4) is 0 Å². The maximum absolute atomic E-state index is 12.6. The van der Waals surface area contributed by atoms with Crippen molar-refractivity contribution in [2.45, 2.75) is 54.4 Å². The molecule has 0 bridgehead atoms. The van der Waals surface area contributed by atoms with Gasteiger partial charge in [-0.2, -0.15) is 4.39 Å². The number of amides is 1. The standard InChI is InChI=1S/C18H33FN2O2/c1-14(2)18(5,6)13-17(3,4)11-16(23)21-9-7-20(8-10-21)12-15(19)22/h14H,7-13H2,1-6H3. The van der Waals surface area contributed by atoms with Crippen molar-refractivity contribution in [3.8, 4) is 0 Å². The van der Waals surface area contributed by atoms with Crippen molar-refractivity contribution in [1.29, 1.82) is 0 Å². The Labute approximate surface area is 140 Å². The molecule has 4 nitrogen and oxygen atoms in total. The third-order valence-electron chi connectivity index (χ3n) is 5.20. The molecule has 1 aliphatic rings. The fourth-order valence-electron chi connectivity index (χ4n) is 3.35. The van der Waals surface area contributed by atoms with Gasteiger partial charge in [0.25, 0.3) is 0 Å². The molecule has 1 saturated heterocycles. The fraction of sp³-hybridized carbons (Fsp3) is 0.889. The molecule has 0 aromatic heterocycles. The second-order valence-corrected chi connectivity index (χ2v) is 8.67. The van der Waals surface area contributed by atoms with Crippen LogP contribution in [0.4, 0.5) is 4.39 Å². The van der Waals surface area contributed by atoms with E-state index in [2.05, 4.69) is 41.5 Å². The van der Waals surface area contributed by atoms with Gasteiger partial charge in [0.15, 0.2) is 0 Å². The quantitative estimate of drug-likeness (QED) is 0.674. The number of hydrogen-bond donors (Lipinski definition) is 0. The summed E-state index contributed by atoms with van der Waals surface area (Å²) in [6.07, 6.45) is 1.53. The summed E-state index contributed by atoms with van der Waals surface area (Å²) in [4.78, 5) is 26.7. The van der Waals surface area contributed by atoms with Gasteiger partial charge in [-0.1, -0.05) is 41.5 Å². The third kappa shape index (κ3) is 6.58. The Morgan fingerprint density at radius 3 is 2.00 bits per heavy atom. The highest BCUT2D eigenvalue weighted by Crippen LogP contribution is 2.41. The van der Waals surface area contributed by atoms with Crippen LogP contribution >= 0.6 is 0 Å². The van der Waals surface area contributed by atoms with E-state index < -0.39 is 6.04 Å².